The lowest BCUT2D eigenvalue weighted by Crippen LogP contribution is -1.84. The maximum Gasteiger partial charge on any atom is 0.0794 e. The summed E-state index contributed by atoms with van der Waals surface area (Å²) < 4.78 is 0. The van der Waals surface area contributed by atoms with Crippen LogP contribution >= 0.6 is 11.3 Å². The Bertz CT molecular complexity index is 157. The van der Waals surface area contributed by atoms with Crippen molar-refractivity contribution >= 4 is 11.3 Å². The van der Waals surface area contributed by atoms with E-state index in [-0.39, 0.29) is 0 Å². The molecule has 1 aromatic heterocycles. The van der Waals surface area contributed by atoms with Crippen LogP contribution in [0.1, 0.15) is 24.1 Å². The van der Waals surface area contributed by atoms with E-state index in [0.717, 1.165) is 6.42 Å². The fourth-order valence-electron chi connectivity index (χ4n) is 0.611. The maximum atomic E-state index is 3.98. The minimum atomic E-state index is 0.581. The molecule has 1 unspecified atom stereocenters. The molecule has 0 bridgehead atoms. The zero-order chi connectivity index (χ0) is 6.69. The molecule has 0 saturated heterocycles. The van der Waals surface area contributed by atoms with Crippen LogP contribution < -0.4 is 0 Å². The van der Waals surface area contributed by atoms with E-state index in [9.17, 15) is 0 Å². The molecule has 0 aliphatic heterocycles. The van der Waals surface area contributed by atoms with Gasteiger partial charge in [0.25, 0.3) is 0 Å². The Kier molecular flexibility index (Phi) is 2.22. The molecule has 0 saturated carbocycles. The summed E-state index contributed by atoms with van der Waals surface area (Å²) in [6.07, 6.45) is 2.88. The second-order valence-corrected chi connectivity index (χ2v) is 3.01. The van der Waals surface area contributed by atoms with Gasteiger partial charge in [0.15, 0.2) is 0 Å². The van der Waals surface area contributed by atoms with Crippen LogP contribution in [0.15, 0.2) is 11.7 Å². The third-order valence-electron chi connectivity index (χ3n) is 1.37. The summed E-state index contributed by atoms with van der Waals surface area (Å²) in [4.78, 5) is 5.32. The summed E-state index contributed by atoms with van der Waals surface area (Å²) in [6.45, 7) is 5.99. The van der Waals surface area contributed by atoms with Gasteiger partial charge in [-0.15, -0.1) is 11.3 Å². The zero-order valence-corrected chi connectivity index (χ0v) is 6.32. The van der Waals surface area contributed by atoms with Crippen molar-refractivity contribution in [3.8, 4) is 0 Å². The lowest BCUT2D eigenvalue weighted by Gasteiger charge is -2.01. The third-order valence-corrected chi connectivity index (χ3v) is 2.38. The topological polar surface area (TPSA) is 12.9 Å². The van der Waals surface area contributed by atoms with Gasteiger partial charge in [-0.1, -0.05) is 13.8 Å². The van der Waals surface area contributed by atoms with Crippen molar-refractivity contribution in [1.29, 1.82) is 0 Å². The van der Waals surface area contributed by atoms with Crippen LogP contribution in [0.5, 0.6) is 0 Å². The van der Waals surface area contributed by atoms with Gasteiger partial charge >= 0.3 is 0 Å². The first-order valence-corrected chi connectivity index (χ1v) is 3.90. The predicted molar refractivity (Wildman–Crippen MR) is 40.5 cm³/mol. The monoisotopic (exact) mass is 140 g/mol. The number of nitrogens with zero attached hydrogens (tertiary/aromatic N) is 1. The van der Waals surface area contributed by atoms with Gasteiger partial charge in [-0.3, -0.25) is 4.98 Å². The highest BCUT2D eigenvalue weighted by atomic mass is 32.1. The second kappa shape index (κ2) is 2.97. The minimum absolute atomic E-state index is 0.581. The Morgan fingerprint density at radius 3 is 3.11 bits per heavy atom. The van der Waals surface area contributed by atoms with Crippen LogP contribution in [-0.2, 0) is 0 Å². The molecule has 0 N–H and O–H groups in total. The molecule has 0 aliphatic rings. The van der Waals surface area contributed by atoms with Crippen molar-refractivity contribution in [2.45, 2.75) is 19.3 Å². The first kappa shape index (κ1) is 6.75. The smallest absolute Gasteiger partial charge is 0.0794 e. The van der Waals surface area contributed by atoms with Crippen LogP contribution in [0.25, 0.3) is 0 Å². The number of aromatic nitrogens is 1. The number of hydrogen-bond acceptors (Lipinski definition) is 2. The predicted octanol–water partition coefficient (Wildman–Crippen LogP) is 2.47. The molecule has 49 valence electrons. The molecular formula is C7H10NS. The molecule has 0 amide bonds. The standard InChI is InChI=1S/C7H10NS/c1-3-6(2)7-4-8-5-9-7/h4-6H,1,3H2,2H3. The first-order valence-electron chi connectivity index (χ1n) is 3.02. The summed E-state index contributed by atoms with van der Waals surface area (Å²) in [5.74, 6) is 0.581. The van der Waals surface area contributed by atoms with E-state index < -0.39 is 0 Å². The molecular weight excluding hydrogens is 130 g/mol. The van der Waals surface area contributed by atoms with Crippen molar-refractivity contribution in [2.75, 3.05) is 0 Å². The third kappa shape index (κ3) is 1.52. The molecule has 2 heteroatoms. The summed E-state index contributed by atoms with van der Waals surface area (Å²) in [5, 5.41) is 0. The van der Waals surface area contributed by atoms with E-state index >= 15 is 0 Å². The Morgan fingerprint density at radius 1 is 1.89 bits per heavy atom. The summed E-state index contributed by atoms with van der Waals surface area (Å²) in [5.41, 5.74) is 1.86. The van der Waals surface area contributed by atoms with Crippen molar-refractivity contribution in [3.63, 3.8) is 0 Å². The second-order valence-electron chi connectivity index (χ2n) is 2.09. The van der Waals surface area contributed by atoms with Crippen molar-refractivity contribution in [2.24, 2.45) is 0 Å². The summed E-state index contributed by atoms with van der Waals surface area (Å²) in [7, 11) is 0. The van der Waals surface area contributed by atoms with Gasteiger partial charge in [-0.2, -0.15) is 0 Å². The number of hydrogen-bond donors (Lipinski definition) is 0. The molecule has 9 heavy (non-hydrogen) atoms. The van der Waals surface area contributed by atoms with E-state index in [1.54, 1.807) is 11.3 Å². The van der Waals surface area contributed by atoms with Gasteiger partial charge in [-0.25, -0.2) is 0 Å². The van der Waals surface area contributed by atoms with Gasteiger partial charge in [0.2, 0.25) is 0 Å². The van der Waals surface area contributed by atoms with E-state index in [2.05, 4.69) is 18.8 Å². The molecule has 0 spiro atoms. The van der Waals surface area contributed by atoms with Crippen molar-refractivity contribution < 1.29 is 0 Å². The van der Waals surface area contributed by atoms with Crippen LogP contribution in [0.2, 0.25) is 0 Å². The Morgan fingerprint density at radius 2 is 2.67 bits per heavy atom. The summed E-state index contributed by atoms with van der Waals surface area (Å²) in [6, 6.07) is 0. The molecule has 1 radical (unpaired) electrons. The van der Waals surface area contributed by atoms with E-state index in [1.807, 2.05) is 11.7 Å². The SMILES string of the molecule is [CH2]CC(C)c1cncs1. The van der Waals surface area contributed by atoms with E-state index in [4.69, 9.17) is 0 Å². The van der Waals surface area contributed by atoms with Crippen molar-refractivity contribution in [1.82, 2.24) is 4.98 Å². The molecule has 1 nitrogen and oxygen atoms in total. The van der Waals surface area contributed by atoms with Gasteiger partial charge in [-0.05, 0) is 12.3 Å². The fraction of sp³-hybridized carbons (Fsp3) is 0.429. The zero-order valence-electron chi connectivity index (χ0n) is 5.50. The number of thiazole rings is 1. The van der Waals surface area contributed by atoms with Crippen LogP contribution in [0.4, 0.5) is 0 Å². The lowest BCUT2D eigenvalue weighted by atomic mass is 10.1. The van der Waals surface area contributed by atoms with Gasteiger partial charge < -0.3 is 0 Å². The minimum Gasteiger partial charge on any atom is -0.253 e. The Balaban J connectivity index is 2.65. The Labute approximate surface area is 59.8 Å². The molecule has 1 aromatic rings. The van der Waals surface area contributed by atoms with Gasteiger partial charge in [0, 0.05) is 11.1 Å². The molecule has 1 heterocycles. The highest BCUT2D eigenvalue weighted by Crippen LogP contribution is 2.20. The largest absolute Gasteiger partial charge is 0.253 e. The highest BCUT2D eigenvalue weighted by molar-refractivity contribution is 7.09. The molecule has 1 atom stereocenters. The van der Waals surface area contributed by atoms with E-state index in [1.165, 1.54) is 4.88 Å². The van der Waals surface area contributed by atoms with Crippen LogP contribution in [0, 0.1) is 6.92 Å². The number of rotatable bonds is 2. The molecule has 0 aliphatic carbocycles. The molecule has 0 aromatic carbocycles. The van der Waals surface area contributed by atoms with Crippen molar-refractivity contribution in [3.05, 3.63) is 23.5 Å². The van der Waals surface area contributed by atoms with Gasteiger partial charge in [0.1, 0.15) is 0 Å². The molecule has 1 rings (SSSR count). The lowest BCUT2D eigenvalue weighted by molar-refractivity contribution is 0.793. The highest BCUT2D eigenvalue weighted by Gasteiger charge is 2.02. The maximum absolute atomic E-state index is 3.98. The first-order chi connectivity index (χ1) is 4.34. The van der Waals surface area contributed by atoms with E-state index in [0.29, 0.717) is 5.92 Å². The average Bonchev–Trinajstić information content (AvgIpc) is 2.37. The fourth-order valence-corrected chi connectivity index (χ4v) is 1.33. The van der Waals surface area contributed by atoms with Crippen LogP contribution in [0.3, 0.4) is 0 Å². The Hall–Kier alpha value is -0.370. The van der Waals surface area contributed by atoms with Crippen LogP contribution in [-0.4, -0.2) is 4.98 Å². The quantitative estimate of drug-likeness (QED) is 0.615. The van der Waals surface area contributed by atoms with Gasteiger partial charge in [0.05, 0.1) is 5.51 Å². The average molecular weight is 140 g/mol. The normalized spacial score (nSPS) is 13.6. The molecule has 0 fully saturated rings. The summed E-state index contributed by atoms with van der Waals surface area (Å²) >= 11 is 1.70.